The second-order valence-corrected chi connectivity index (χ2v) is 7.34. The normalized spacial score (nSPS) is 10.5. The van der Waals surface area contributed by atoms with Crippen molar-refractivity contribution in [2.45, 2.75) is 13.3 Å². The van der Waals surface area contributed by atoms with Crippen LogP contribution in [-0.2, 0) is 11.2 Å². The number of carbonyl (C=O) groups excluding carboxylic acids is 2. The summed E-state index contributed by atoms with van der Waals surface area (Å²) in [5.41, 5.74) is 4.71. The molecule has 0 aliphatic heterocycles. The molecule has 0 unspecified atom stereocenters. The van der Waals surface area contributed by atoms with Crippen LogP contribution in [0.25, 0.3) is 10.9 Å². The number of hydrogen-bond acceptors (Lipinski definition) is 5. The summed E-state index contributed by atoms with van der Waals surface area (Å²) in [4.78, 5) is 32.8. The molecular formula is C26H23N5O2. The first kappa shape index (κ1) is 21.7. The van der Waals surface area contributed by atoms with Gasteiger partial charge in [0.2, 0.25) is 5.91 Å². The number of pyridine rings is 2. The van der Waals surface area contributed by atoms with Gasteiger partial charge in [0.15, 0.2) is 0 Å². The molecule has 0 aliphatic rings. The number of aryl methyl sites for hydroxylation is 1. The highest BCUT2D eigenvalue weighted by molar-refractivity contribution is 6.04. The van der Waals surface area contributed by atoms with Crippen molar-refractivity contribution in [3.05, 3.63) is 96.8 Å². The molecule has 33 heavy (non-hydrogen) atoms. The minimum absolute atomic E-state index is 0.223. The predicted octanol–water partition coefficient (Wildman–Crippen LogP) is 5.31. The number of nitrogens with zero attached hydrogens (tertiary/aromatic N) is 2. The van der Waals surface area contributed by atoms with E-state index in [4.69, 9.17) is 0 Å². The number of nitrogens with one attached hydrogen (secondary N) is 3. The van der Waals surface area contributed by atoms with Gasteiger partial charge < -0.3 is 16.0 Å². The maximum atomic E-state index is 12.6. The first-order chi connectivity index (χ1) is 16.1. The average Bonchev–Trinajstić information content (AvgIpc) is 2.85. The van der Waals surface area contributed by atoms with Crippen LogP contribution >= 0.6 is 0 Å². The summed E-state index contributed by atoms with van der Waals surface area (Å²) >= 11 is 0. The summed E-state index contributed by atoms with van der Waals surface area (Å²) in [5.74, 6) is 0.0293. The molecule has 0 aliphatic carbocycles. The maximum absolute atomic E-state index is 12.6. The number of fused-ring (bicyclic) bond motifs is 1. The van der Waals surface area contributed by atoms with Crippen LogP contribution in [-0.4, -0.2) is 21.8 Å². The van der Waals surface area contributed by atoms with E-state index in [0.717, 1.165) is 34.3 Å². The summed E-state index contributed by atoms with van der Waals surface area (Å²) in [6.45, 7) is 5.53. The van der Waals surface area contributed by atoms with Crippen molar-refractivity contribution in [2.24, 2.45) is 0 Å². The van der Waals surface area contributed by atoms with Crippen molar-refractivity contribution in [1.82, 2.24) is 9.97 Å². The van der Waals surface area contributed by atoms with Crippen molar-refractivity contribution >= 4 is 45.6 Å². The minimum atomic E-state index is -0.279. The maximum Gasteiger partial charge on any atom is 0.256 e. The first-order valence-electron chi connectivity index (χ1n) is 10.5. The first-order valence-corrected chi connectivity index (χ1v) is 10.5. The Bertz CT molecular complexity index is 1330. The SMILES string of the molecule is C=CC(=O)Nc1ccc2nccc(Nc3ccc(C(=O)Nc4cc(CC)ccn4)cc3)c2c1. The lowest BCUT2D eigenvalue weighted by molar-refractivity contribution is -0.111. The van der Waals surface area contributed by atoms with Crippen LogP contribution in [0.5, 0.6) is 0 Å². The molecule has 0 radical (unpaired) electrons. The van der Waals surface area contributed by atoms with Crippen LogP contribution in [0.2, 0.25) is 0 Å². The van der Waals surface area contributed by atoms with Gasteiger partial charge in [0.1, 0.15) is 5.82 Å². The topological polar surface area (TPSA) is 96.0 Å². The van der Waals surface area contributed by atoms with Crippen molar-refractivity contribution in [1.29, 1.82) is 0 Å². The number of aromatic nitrogens is 2. The average molecular weight is 438 g/mol. The molecule has 2 amide bonds. The Morgan fingerprint density at radius 1 is 0.909 bits per heavy atom. The lowest BCUT2D eigenvalue weighted by Crippen LogP contribution is -2.13. The quantitative estimate of drug-likeness (QED) is 0.340. The molecule has 0 saturated carbocycles. The lowest BCUT2D eigenvalue weighted by Gasteiger charge is -2.12. The van der Waals surface area contributed by atoms with E-state index >= 15 is 0 Å². The third-order valence-electron chi connectivity index (χ3n) is 5.09. The van der Waals surface area contributed by atoms with Gasteiger partial charge in [-0.25, -0.2) is 4.98 Å². The lowest BCUT2D eigenvalue weighted by atomic mass is 10.1. The second kappa shape index (κ2) is 9.74. The highest BCUT2D eigenvalue weighted by atomic mass is 16.2. The smallest absolute Gasteiger partial charge is 0.256 e. The van der Waals surface area contributed by atoms with Gasteiger partial charge in [-0.15, -0.1) is 0 Å². The van der Waals surface area contributed by atoms with E-state index in [9.17, 15) is 9.59 Å². The highest BCUT2D eigenvalue weighted by Crippen LogP contribution is 2.28. The molecule has 2 aromatic heterocycles. The van der Waals surface area contributed by atoms with Crippen LogP contribution in [0.15, 0.2) is 85.7 Å². The van der Waals surface area contributed by atoms with E-state index in [0.29, 0.717) is 17.1 Å². The summed E-state index contributed by atoms with van der Waals surface area (Å²) in [6, 6.07) is 18.3. The van der Waals surface area contributed by atoms with E-state index in [1.807, 2.05) is 42.5 Å². The molecule has 0 bridgehead atoms. The summed E-state index contributed by atoms with van der Waals surface area (Å²) in [6.07, 6.45) is 5.50. The largest absolute Gasteiger partial charge is 0.355 e. The van der Waals surface area contributed by atoms with E-state index in [-0.39, 0.29) is 11.8 Å². The van der Waals surface area contributed by atoms with E-state index < -0.39 is 0 Å². The summed E-state index contributed by atoms with van der Waals surface area (Å²) in [7, 11) is 0. The highest BCUT2D eigenvalue weighted by Gasteiger charge is 2.09. The third-order valence-corrected chi connectivity index (χ3v) is 5.09. The van der Waals surface area contributed by atoms with Gasteiger partial charge in [0.25, 0.3) is 5.91 Å². The van der Waals surface area contributed by atoms with Crippen molar-refractivity contribution in [3.63, 3.8) is 0 Å². The molecule has 7 heteroatoms. The second-order valence-electron chi connectivity index (χ2n) is 7.34. The van der Waals surface area contributed by atoms with E-state index in [1.54, 1.807) is 30.6 Å². The number of carbonyl (C=O) groups is 2. The monoisotopic (exact) mass is 437 g/mol. The number of amides is 2. The van der Waals surface area contributed by atoms with Gasteiger partial charge in [-0.05, 0) is 78.7 Å². The molecular weight excluding hydrogens is 414 g/mol. The number of rotatable bonds is 7. The molecule has 7 nitrogen and oxygen atoms in total. The fourth-order valence-corrected chi connectivity index (χ4v) is 3.34. The van der Waals surface area contributed by atoms with Gasteiger partial charge in [-0.3, -0.25) is 14.6 Å². The Kier molecular flexibility index (Phi) is 6.40. The van der Waals surface area contributed by atoms with E-state index in [2.05, 4.69) is 39.4 Å². The molecule has 4 rings (SSSR count). The molecule has 0 fully saturated rings. The number of hydrogen-bond donors (Lipinski definition) is 3. The summed E-state index contributed by atoms with van der Waals surface area (Å²) in [5, 5.41) is 9.80. The molecule has 4 aromatic rings. The van der Waals surface area contributed by atoms with Crippen molar-refractivity contribution < 1.29 is 9.59 Å². The van der Waals surface area contributed by atoms with Crippen LogP contribution in [0.1, 0.15) is 22.8 Å². The van der Waals surface area contributed by atoms with Crippen molar-refractivity contribution in [2.75, 3.05) is 16.0 Å². The molecule has 2 heterocycles. The Hall–Kier alpha value is -4.52. The Morgan fingerprint density at radius 2 is 1.67 bits per heavy atom. The molecule has 2 aromatic carbocycles. The van der Waals surface area contributed by atoms with Crippen LogP contribution in [0.4, 0.5) is 22.9 Å². The predicted molar refractivity (Wildman–Crippen MR) is 132 cm³/mol. The Morgan fingerprint density at radius 3 is 2.42 bits per heavy atom. The standard InChI is InChI=1S/C26H23N5O2/c1-3-17-11-13-28-24(15-17)31-26(33)18-5-7-19(8-6-18)29-23-12-14-27-22-10-9-20(16-21(22)23)30-25(32)4-2/h4-16H,2-3H2,1H3,(H,27,29)(H,30,32)(H,28,31,33). The molecule has 3 N–H and O–H groups in total. The van der Waals surface area contributed by atoms with Crippen molar-refractivity contribution in [3.8, 4) is 0 Å². The zero-order chi connectivity index (χ0) is 23.2. The number of benzene rings is 2. The zero-order valence-electron chi connectivity index (χ0n) is 18.1. The van der Waals surface area contributed by atoms with Gasteiger partial charge in [0.05, 0.1) is 5.52 Å². The molecule has 164 valence electrons. The Labute approximate surface area is 191 Å². The fourth-order valence-electron chi connectivity index (χ4n) is 3.34. The van der Waals surface area contributed by atoms with Crippen LogP contribution in [0, 0.1) is 0 Å². The molecule has 0 saturated heterocycles. The van der Waals surface area contributed by atoms with Gasteiger partial charge >= 0.3 is 0 Å². The zero-order valence-corrected chi connectivity index (χ0v) is 18.1. The fraction of sp³-hybridized carbons (Fsp3) is 0.0769. The van der Waals surface area contributed by atoms with E-state index in [1.165, 1.54) is 6.08 Å². The van der Waals surface area contributed by atoms with Gasteiger partial charge in [-0.2, -0.15) is 0 Å². The molecule has 0 spiro atoms. The van der Waals surface area contributed by atoms with Gasteiger partial charge in [-0.1, -0.05) is 13.5 Å². The Balaban J connectivity index is 1.51. The summed E-state index contributed by atoms with van der Waals surface area (Å²) < 4.78 is 0. The minimum Gasteiger partial charge on any atom is -0.355 e. The third kappa shape index (κ3) is 5.22. The van der Waals surface area contributed by atoms with Crippen LogP contribution < -0.4 is 16.0 Å². The van der Waals surface area contributed by atoms with Gasteiger partial charge in [0, 0.05) is 40.4 Å². The van der Waals surface area contributed by atoms with Crippen LogP contribution in [0.3, 0.4) is 0 Å². The molecule has 0 atom stereocenters. The number of anilines is 4.